The van der Waals surface area contributed by atoms with Crippen LogP contribution in [0.2, 0.25) is 0 Å². The lowest BCUT2D eigenvalue weighted by Crippen LogP contribution is -2.42. The van der Waals surface area contributed by atoms with Crippen LogP contribution in [0.15, 0.2) is 53.4 Å². The lowest BCUT2D eigenvalue weighted by Gasteiger charge is -2.22. The first-order valence-corrected chi connectivity index (χ1v) is 12.9. The minimum Gasteiger partial charge on any atom is -0.494 e. The Kier molecular flexibility index (Phi) is 6.96. The number of nitrogens with one attached hydrogen (secondary N) is 1. The van der Waals surface area contributed by atoms with Crippen LogP contribution in [0, 0.1) is 5.82 Å². The van der Waals surface area contributed by atoms with Gasteiger partial charge < -0.3 is 13.9 Å². The van der Waals surface area contributed by atoms with Crippen LogP contribution in [0.1, 0.15) is 5.82 Å². The maximum absolute atomic E-state index is 13.7. The second-order valence-electron chi connectivity index (χ2n) is 8.29. The van der Waals surface area contributed by atoms with Gasteiger partial charge in [0.25, 0.3) is 0 Å². The smallest absolute Gasteiger partial charge is 0.243 e. The monoisotopic (exact) mass is 545 g/mol. The number of furan rings is 1. The van der Waals surface area contributed by atoms with Crippen molar-refractivity contribution in [3.63, 3.8) is 0 Å². The lowest BCUT2D eigenvalue weighted by atomic mass is 10.1. The maximum Gasteiger partial charge on any atom is 0.243 e. The topological polar surface area (TPSA) is 147 Å². The molecular weight excluding hydrogens is 521 g/mol. The predicted octanol–water partition coefficient (Wildman–Crippen LogP) is 2.07. The van der Waals surface area contributed by atoms with Gasteiger partial charge in [0.1, 0.15) is 28.3 Å². The van der Waals surface area contributed by atoms with E-state index in [2.05, 4.69) is 24.9 Å². The molecule has 13 nitrogen and oxygen atoms in total. The van der Waals surface area contributed by atoms with Crippen molar-refractivity contribution in [2.45, 2.75) is 17.7 Å². The molecule has 15 heteroatoms. The van der Waals surface area contributed by atoms with Crippen LogP contribution in [-0.2, 0) is 21.3 Å². The molecule has 0 radical (unpaired) electrons. The summed E-state index contributed by atoms with van der Waals surface area (Å²) in [6.07, 6.45) is 3.62. The molecule has 1 aliphatic heterocycles. The molecule has 3 aromatic heterocycles. The number of halogens is 1. The number of hydrogen-bond acceptors (Lipinski definition) is 11. The highest BCUT2D eigenvalue weighted by Crippen LogP contribution is 2.38. The number of nitrogens with zero attached hydrogens (tertiary/aromatic N) is 6. The molecule has 0 spiro atoms. The molecule has 1 aromatic carbocycles. The second-order valence-corrected chi connectivity index (χ2v) is 10.2. The summed E-state index contributed by atoms with van der Waals surface area (Å²) in [6, 6.07) is 7.79. The zero-order chi connectivity index (χ0) is 26.9. The van der Waals surface area contributed by atoms with Crippen LogP contribution >= 0.6 is 0 Å². The van der Waals surface area contributed by atoms with E-state index in [0.717, 1.165) is 12.4 Å². The quantitative estimate of drug-likeness (QED) is 0.330. The van der Waals surface area contributed by atoms with Gasteiger partial charge in [0, 0.05) is 13.5 Å². The van der Waals surface area contributed by atoms with E-state index in [0.29, 0.717) is 22.9 Å². The Balaban J connectivity index is 1.55. The van der Waals surface area contributed by atoms with Crippen LogP contribution in [0.4, 0.5) is 10.3 Å². The van der Waals surface area contributed by atoms with Gasteiger partial charge in [-0.2, -0.15) is 5.06 Å². The van der Waals surface area contributed by atoms with Crippen LogP contribution in [0.25, 0.3) is 17.3 Å². The summed E-state index contributed by atoms with van der Waals surface area (Å²) in [4.78, 5) is 13.4. The maximum atomic E-state index is 13.7. The number of benzene rings is 1. The Morgan fingerprint density at radius 3 is 2.45 bits per heavy atom. The normalized spacial score (nSPS) is 18.0. The summed E-state index contributed by atoms with van der Waals surface area (Å²) in [5.74, 6) is 0.883. The number of sulfonamides is 1. The van der Waals surface area contributed by atoms with E-state index in [9.17, 15) is 12.8 Å². The van der Waals surface area contributed by atoms with Gasteiger partial charge in [-0.1, -0.05) is 6.07 Å². The third kappa shape index (κ3) is 4.78. The van der Waals surface area contributed by atoms with Gasteiger partial charge in [-0.05, 0) is 24.3 Å². The molecule has 0 saturated carbocycles. The molecule has 0 amide bonds. The van der Waals surface area contributed by atoms with E-state index in [1.54, 1.807) is 37.4 Å². The fourth-order valence-corrected chi connectivity index (χ4v) is 5.66. The second kappa shape index (κ2) is 10.4. The fraction of sp³-hybridized carbons (Fsp3) is 0.304. The number of rotatable bonds is 9. The molecule has 0 bridgehead atoms. The van der Waals surface area contributed by atoms with E-state index in [4.69, 9.17) is 18.7 Å². The van der Waals surface area contributed by atoms with Gasteiger partial charge in [-0.15, -0.1) is 10.2 Å². The first-order chi connectivity index (χ1) is 18.3. The summed E-state index contributed by atoms with van der Waals surface area (Å²) in [7, 11) is 0.440. The van der Waals surface area contributed by atoms with Gasteiger partial charge in [0.2, 0.25) is 21.8 Å². The van der Waals surface area contributed by atoms with E-state index in [1.165, 1.54) is 30.1 Å². The lowest BCUT2D eigenvalue weighted by molar-refractivity contribution is -0.109. The Morgan fingerprint density at radius 1 is 1.11 bits per heavy atom. The number of likely N-dealkylation sites (N-methyl/N-ethyl adjacent to an activating group) is 1. The Labute approximate surface area is 217 Å². The van der Waals surface area contributed by atoms with Crippen molar-refractivity contribution in [3.8, 4) is 28.8 Å². The number of para-hydroxylation sites is 1. The molecule has 4 aromatic rings. The molecule has 5 rings (SSSR count). The third-order valence-corrected chi connectivity index (χ3v) is 7.78. The number of anilines is 1. The average Bonchev–Trinajstić information content (AvgIpc) is 3.66. The number of aromatic nitrogens is 5. The van der Waals surface area contributed by atoms with Gasteiger partial charge in [-0.3, -0.25) is 14.1 Å². The zero-order valence-electron chi connectivity index (χ0n) is 20.6. The largest absolute Gasteiger partial charge is 0.494 e. The van der Waals surface area contributed by atoms with Crippen LogP contribution in [0.5, 0.6) is 11.5 Å². The van der Waals surface area contributed by atoms with Gasteiger partial charge in [0.05, 0.1) is 45.5 Å². The molecule has 0 aliphatic carbocycles. The van der Waals surface area contributed by atoms with Crippen molar-refractivity contribution < 1.29 is 31.5 Å². The highest BCUT2D eigenvalue weighted by molar-refractivity contribution is 7.93. The SMILES string of the molecule is COc1cccc(OC)c1-n1c(NS(=O)(=O)[C@H]2CON(C)[C@@H]2Cc2ncc(F)cn2)nnc1-c1ccco1. The molecule has 4 heterocycles. The zero-order valence-corrected chi connectivity index (χ0v) is 21.4. The summed E-state index contributed by atoms with van der Waals surface area (Å²) >= 11 is 0. The predicted molar refractivity (Wildman–Crippen MR) is 132 cm³/mol. The molecule has 38 heavy (non-hydrogen) atoms. The van der Waals surface area contributed by atoms with Crippen molar-refractivity contribution in [1.29, 1.82) is 0 Å². The van der Waals surface area contributed by atoms with E-state index in [1.807, 2.05) is 0 Å². The average molecular weight is 546 g/mol. The minimum atomic E-state index is -4.13. The van der Waals surface area contributed by atoms with E-state index < -0.39 is 27.1 Å². The minimum absolute atomic E-state index is 0.104. The molecule has 1 saturated heterocycles. The Bertz CT molecular complexity index is 1490. The number of hydrogen-bond donors (Lipinski definition) is 1. The van der Waals surface area contributed by atoms with Crippen LogP contribution < -0.4 is 14.2 Å². The van der Waals surface area contributed by atoms with Crippen molar-refractivity contribution in [2.24, 2.45) is 0 Å². The van der Waals surface area contributed by atoms with Gasteiger partial charge in [-0.25, -0.2) is 22.8 Å². The van der Waals surface area contributed by atoms with Crippen LogP contribution in [0.3, 0.4) is 0 Å². The molecular formula is C23H24FN7O6S. The van der Waals surface area contributed by atoms with Crippen molar-refractivity contribution in [3.05, 3.63) is 60.6 Å². The summed E-state index contributed by atoms with van der Waals surface area (Å²) in [5, 5.41) is 8.70. The van der Waals surface area contributed by atoms with Gasteiger partial charge in [0.15, 0.2) is 11.6 Å². The number of ether oxygens (including phenoxy) is 2. The first-order valence-electron chi connectivity index (χ1n) is 11.4. The van der Waals surface area contributed by atoms with Crippen molar-refractivity contribution in [2.75, 3.05) is 32.6 Å². The number of methoxy groups -OCH3 is 2. The molecule has 1 aliphatic rings. The molecule has 1 fully saturated rings. The molecule has 0 unspecified atom stereocenters. The summed E-state index contributed by atoms with van der Waals surface area (Å²) in [5.41, 5.74) is 0.364. The standard InChI is InChI=1S/C23H24FN7O6S/c1-30-15(10-20-25-11-14(24)12-26-20)19(13-37-30)38(32,33)29-23-28-27-22(18-8-5-9-36-18)31(23)21-16(34-2)6-4-7-17(21)35-3/h4-9,11-12,15,19H,10,13H2,1-3H3,(H,28,29)/t15-,19+/m1/s1. The summed E-state index contributed by atoms with van der Waals surface area (Å²) < 4.78 is 61.3. The highest BCUT2D eigenvalue weighted by Gasteiger charge is 2.43. The molecule has 200 valence electrons. The number of hydroxylamine groups is 2. The molecule has 1 N–H and O–H groups in total. The molecule has 2 atom stereocenters. The Morgan fingerprint density at radius 2 is 1.82 bits per heavy atom. The van der Waals surface area contributed by atoms with Crippen LogP contribution in [-0.4, -0.2) is 77.4 Å². The first kappa shape index (κ1) is 25.6. The highest BCUT2D eigenvalue weighted by atomic mass is 32.2. The van der Waals surface area contributed by atoms with Crippen molar-refractivity contribution >= 4 is 16.0 Å². The fourth-order valence-electron chi connectivity index (χ4n) is 4.20. The van der Waals surface area contributed by atoms with E-state index >= 15 is 0 Å². The van der Waals surface area contributed by atoms with E-state index in [-0.39, 0.29) is 30.6 Å². The third-order valence-electron chi connectivity index (χ3n) is 6.07. The summed E-state index contributed by atoms with van der Waals surface area (Å²) in [6.45, 7) is -0.130. The van der Waals surface area contributed by atoms with Gasteiger partial charge >= 0.3 is 0 Å². The Hall–Kier alpha value is -4.08. The van der Waals surface area contributed by atoms with Crippen molar-refractivity contribution in [1.82, 2.24) is 29.8 Å².